The first-order chi connectivity index (χ1) is 8.58. The quantitative estimate of drug-likeness (QED) is 0.594. The number of nitrogens with zero attached hydrogens (tertiary/aromatic N) is 2. The fraction of sp³-hybridized carbons (Fsp3) is 0. The summed E-state index contributed by atoms with van der Waals surface area (Å²) in [5, 5.41) is 10.9. The third-order valence-corrected chi connectivity index (χ3v) is 3.15. The van der Waals surface area contributed by atoms with Crippen molar-refractivity contribution in [1.82, 2.24) is 4.98 Å². The molecule has 2 rings (SSSR count). The van der Waals surface area contributed by atoms with Crippen LogP contribution in [0.1, 0.15) is 0 Å². The van der Waals surface area contributed by atoms with Gasteiger partial charge in [-0.2, -0.15) is 0 Å². The van der Waals surface area contributed by atoms with Gasteiger partial charge in [0.2, 0.25) is 11.6 Å². The maximum Gasteiger partial charge on any atom is 0.312 e. The SMILES string of the molecule is O=[N+]([O-])c1cc(Br)ccc1Oc1ncccc1Br. The summed E-state index contributed by atoms with van der Waals surface area (Å²) < 4.78 is 6.68. The highest BCUT2D eigenvalue weighted by Gasteiger charge is 2.17. The largest absolute Gasteiger partial charge is 0.431 e. The Bertz CT molecular complexity index is 605. The molecule has 5 nitrogen and oxygen atoms in total. The maximum absolute atomic E-state index is 10.9. The lowest BCUT2D eigenvalue weighted by Crippen LogP contribution is -1.95. The Morgan fingerprint density at radius 1 is 1.28 bits per heavy atom. The summed E-state index contributed by atoms with van der Waals surface area (Å²) in [4.78, 5) is 14.4. The summed E-state index contributed by atoms with van der Waals surface area (Å²) in [5.41, 5.74) is -0.123. The third-order valence-electron chi connectivity index (χ3n) is 2.05. The minimum Gasteiger partial charge on any atom is -0.431 e. The molecule has 0 spiro atoms. The Labute approximate surface area is 119 Å². The van der Waals surface area contributed by atoms with E-state index >= 15 is 0 Å². The smallest absolute Gasteiger partial charge is 0.312 e. The van der Waals surface area contributed by atoms with Crippen molar-refractivity contribution >= 4 is 37.5 Å². The second-order valence-corrected chi connectivity index (χ2v) is 5.03. The molecule has 1 aromatic heterocycles. The van der Waals surface area contributed by atoms with Crippen molar-refractivity contribution in [2.45, 2.75) is 0 Å². The van der Waals surface area contributed by atoms with Crippen LogP contribution in [0.15, 0.2) is 45.5 Å². The first-order valence-corrected chi connectivity index (χ1v) is 6.39. The van der Waals surface area contributed by atoms with E-state index in [9.17, 15) is 10.1 Å². The molecule has 7 heteroatoms. The first-order valence-electron chi connectivity index (χ1n) is 4.80. The van der Waals surface area contributed by atoms with Gasteiger partial charge in [-0.25, -0.2) is 4.98 Å². The van der Waals surface area contributed by atoms with Crippen LogP contribution in [-0.2, 0) is 0 Å². The van der Waals surface area contributed by atoms with Gasteiger partial charge in [0.05, 0.1) is 9.40 Å². The molecule has 2 aromatic rings. The van der Waals surface area contributed by atoms with E-state index in [1.807, 2.05) is 0 Å². The molecule has 1 aromatic carbocycles. The van der Waals surface area contributed by atoms with Gasteiger partial charge in [0.1, 0.15) is 0 Å². The van der Waals surface area contributed by atoms with E-state index in [0.717, 1.165) is 0 Å². The van der Waals surface area contributed by atoms with Crippen LogP contribution in [0.2, 0.25) is 0 Å². The van der Waals surface area contributed by atoms with Crippen molar-refractivity contribution in [2.75, 3.05) is 0 Å². The topological polar surface area (TPSA) is 65.3 Å². The van der Waals surface area contributed by atoms with Gasteiger partial charge < -0.3 is 4.74 Å². The van der Waals surface area contributed by atoms with Crippen molar-refractivity contribution in [3.8, 4) is 11.6 Å². The van der Waals surface area contributed by atoms with E-state index in [4.69, 9.17) is 4.74 Å². The molecule has 0 unspecified atom stereocenters. The Kier molecular flexibility index (Phi) is 3.93. The molecular weight excluding hydrogens is 368 g/mol. The lowest BCUT2D eigenvalue weighted by atomic mass is 10.3. The van der Waals surface area contributed by atoms with Gasteiger partial charge in [0.25, 0.3) is 0 Å². The summed E-state index contributed by atoms with van der Waals surface area (Å²) in [6, 6.07) is 8.04. The lowest BCUT2D eigenvalue weighted by Gasteiger charge is -2.06. The second-order valence-electron chi connectivity index (χ2n) is 3.26. The molecule has 0 aliphatic heterocycles. The minimum atomic E-state index is -0.503. The van der Waals surface area contributed by atoms with E-state index in [-0.39, 0.29) is 17.3 Å². The average molecular weight is 374 g/mol. The van der Waals surface area contributed by atoms with Crippen molar-refractivity contribution in [2.24, 2.45) is 0 Å². The van der Waals surface area contributed by atoms with E-state index in [0.29, 0.717) is 8.95 Å². The molecule has 0 saturated heterocycles. The number of pyridine rings is 1. The number of aromatic nitrogens is 1. The Hall–Kier alpha value is -1.47. The van der Waals surface area contributed by atoms with Crippen LogP contribution in [0.5, 0.6) is 11.6 Å². The fourth-order valence-corrected chi connectivity index (χ4v) is 1.95. The van der Waals surface area contributed by atoms with Crippen molar-refractivity contribution < 1.29 is 9.66 Å². The zero-order valence-electron chi connectivity index (χ0n) is 8.84. The molecule has 0 bridgehead atoms. The molecule has 0 amide bonds. The average Bonchev–Trinajstić information content (AvgIpc) is 2.34. The van der Waals surface area contributed by atoms with Crippen molar-refractivity contribution in [3.05, 3.63) is 55.6 Å². The molecule has 0 saturated carbocycles. The number of hydrogen-bond donors (Lipinski definition) is 0. The summed E-state index contributed by atoms with van der Waals surface area (Å²) in [5.74, 6) is 0.422. The monoisotopic (exact) mass is 372 g/mol. The van der Waals surface area contributed by atoms with Crippen LogP contribution < -0.4 is 4.74 Å². The number of benzene rings is 1. The standard InChI is InChI=1S/C11H6Br2N2O3/c12-7-3-4-10(9(6-7)15(16)17)18-11-8(13)2-1-5-14-11/h1-6H. The zero-order chi connectivity index (χ0) is 13.1. The number of rotatable bonds is 3. The Balaban J connectivity index is 2.41. The highest BCUT2D eigenvalue weighted by Crippen LogP contribution is 2.35. The lowest BCUT2D eigenvalue weighted by molar-refractivity contribution is -0.385. The molecule has 0 aliphatic carbocycles. The number of hydrogen-bond acceptors (Lipinski definition) is 4. The van der Waals surface area contributed by atoms with Crippen LogP contribution in [0.25, 0.3) is 0 Å². The first kappa shape index (κ1) is 13.0. The Morgan fingerprint density at radius 3 is 2.72 bits per heavy atom. The molecule has 92 valence electrons. The number of halogens is 2. The van der Waals surface area contributed by atoms with E-state index in [1.54, 1.807) is 24.4 Å². The summed E-state index contributed by atoms with van der Waals surface area (Å²) in [6.07, 6.45) is 1.55. The van der Waals surface area contributed by atoms with Crippen molar-refractivity contribution in [1.29, 1.82) is 0 Å². The zero-order valence-corrected chi connectivity index (χ0v) is 12.0. The van der Waals surface area contributed by atoms with E-state index in [2.05, 4.69) is 36.8 Å². The number of nitro benzene ring substituents is 1. The van der Waals surface area contributed by atoms with E-state index < -0.39 is 4.92 Å². The molecule has 0 aliphatic rings. The molecule has 0 atom stereocenters. The number of ether oxygens (including phenoxy) is 1. The van der Waals surface area contributed by atoms with Gasteiger partial charge in [-0.05, 0) is 40.2 Å². The van der Waals surface area contributed by atoms with Crippen LogP contribution >= 0.6 is 31.9 Å². The van der Waals surface area contributed by atoms with Crippen LogP contribution in [0, 0.1) is 10.1 Å². The molecule has 0 N–H and O–H groups in total. The van der Waals surface area contributed by atoms with Crippen LogP contribution in [-0.4, -0.2) is 9.91 Å². The molecule has 1 heterocycles. The second kappa shape index (κ2) is 5.45. The molecular formula is C11H6Br2N2O3. The van der Waals surface area contributed by atoms with Crippen LogP contribution in [0.3, 0.4) is 0 Å². The minimum absolute atomic E-state index is 0.123. The van der Waals surface area contributed by atoms with Gasteiger partial charge in [-0.15, -0.1) is 0 Å². The predicted octanol–water partition coefficient (Wildman–Crippen LogP) is 4.31. The van der Waals surface area contributed by atoms with Gasteiger partial charge >= 0.3 is 5.69 Å². The van der Waals surface area contributed by atoms with Gasteiger partial charge in [-0.1, -0.05) is 15.9 Å². The van der Waals surface area contributed by atoms with Gasteiger partial charge in [0.15, 0.2) is 0 Å². The summed E-state index contributed by atoms with van der Waals surface area (Å²) in [7, 11) is 0. The molecule has 0 fully saturated rings. The van der Waals surface area contributed by atoms with Crippen molar-refractivity contribution in [3.63, 3.8) is 0 Å². The molecule has 0 radical (unpaired) electrons. The van der Waals surface area contributed by atoms with Gasteiger partial charge in [-0.3, -0.25) is 10.1 Å². The predicted molar refractivity (Wildman–Crippen MR) is 72.8 cm³/mol. The van der Waals surface area contributed by atoms with Crippen LogP contribution in [0.4, 0.5) is 5.69 Å². The summed E-state index contributed by atoms with van der Waals surface area (Å²) in [6.45, 7) is 0. The fourth-order valence-electron chi connectivity index (χ4n) is 1.27. The normalized spacial score (nSPS) is 10.1. The maximum atomic E-state index is 10.9. The molecule has 18 heavy (non-hydrogen) atoms. The highest BCUT2D eigenvalue weighted by molar-refractivity contribution is 9.10. The highest BCUT2D eigenvalue weighted by atomic mass is 79.9. The van der Waals surface area contributed by atoms with Gasteiger partial charge in [0, 0.05) is 16.7 Å². The third kappa shape index (κ3) is 2.85. The Morgan fingerprint density at radius 2 is 2.06 bits per heavy atom. The van der Waals surface area contributed by atoms with E-state index in [1.165, 1.54) is 12.1 Å². The number of nitro groups is 1. The summed E-state index contributed by atoms with van der Waals surface area (Å²) >= 11 is 6.44.